The summed E-state index contributed by atoms with van der Waals surface area (Å²) in [5, 5.41) is 9.55. The van der Waals surface area contributed by atoms with Crippen molar-refractivity contribution in [2.75, 3.05) is 6.54 Å². The first-order valence-electron chi connectivity index (χ1n) is 6.28. The van der Waals surface area contributed by atoms with Crippen molar-refractivity contribution in [3.63, 3.8) is 0 Å². The highest BCUT2D eigenvalue weighted by atomic mass is 32.2. The number of hydrogen-bond donors (Lipinski definition) is 1. The summed E-state index contributed by atoms with van der Waals surface area (Å²) in [6.45, 7) is 1.53. The smallest absolute Gasteiger partial charge is 0.439 e. The molecular weight excluding hydrogens is 313 g/mol. The van der Waals surface area contributed by atoms with E-state index in [1.807, 2.05) is 0 Å². The molecule has 0 saturated carbocycles. The van der Waals surface area contributed by atoms with Gasteiger partial charge in [-0.25, -0.2) is 13.4 Å². The third kappa shape index (κ3) is 3.55. The molecule has 6 nitrogen and oxygen atoms in total. The van der Waals surface area contributed by atoms with Crippen molar-refractivity contribution < 1.29 is 31.1 Å². The molecule has 1 aromatic rings. The van der Waals surface area contributed by atoms with E-state index in [-0.39, 0.29) is 12.6 Å². The number of alkyl halides is 3. The van der Waals surface area contributed by atoms with E-state index in [0.717, 1.165) is 4.31 Å². The molecule has 0 aliphatic carbocycles. The number of aromatic nitrogens is 1. The second kappa shape index (κ2) is 5.58. The summed E-state index contributed by atoms with van der Waals surface area (Å²) >= 11 is 0. The molecule has 0 unspecified atom stereocenters. The highest BCUT2D eigenvalue weighted by Crippen LogP contribution is 2.33. The zero-order valence-corrected chi connectivity index (χ0v) is 12.0. The topological polar surface area (TPSA) is 83.6 Å². The molecule has 21 heavy (non-hydrogen) atoms. The number of piperidine rings is 1. The quantitative estimate of drug-likeness (QED) is 0.906. The van der Waals surface area contributed by atoms with Crippen LogP contribution in [0.15, 0.2) is 10.8 Å². The van der Waals surface area contributed by atoms with Crippen LogP contribution in [-0.4, -0.2) is 41.5 Å². The van der Waals surface area contributed by atoms with Gasteiger partial charge < -0.3 is 9.52 Å². The normalized spacial score (nSPS) is 25.2. The van der Waals surface area contributed by atoms with E-state index in [1.54, 1.807) is 6.92 Å². The minimum Gasteiger partial charge on any atom is -0.439 e. The summed E-state index contributed by atoms with van der Waals surface area (Å²) in [5.74, 6) is -2.31. The van der Waals surface area contributed by atoms with Crippen molar-refractivity contribution in [2.24, 2.45) is 0 Å². The van der Waals surface area contributed by atoms with Crippen LogP contribution in [0.5, 0.6) is 0 Å². The van der Waals surface area contributed by atoms with E-state index in [1.165, 1.54) is 0 Å². The average molecular weight is 328 g/mol. The Bertz CT molecular complexity index is 599. The van der Waals surface area contributed by atoms with E-state index >= 15 is 0 Å². The summed E-state index contributed by atoms with van der Waals surface area (Å²) in [6.07, 6.45) is -4.12. The Morgan fingerprint density at radius 3 is 2.76 bits per heavy atom. The average Bonchev–Trinajstić information content (AvgIpc) is 2.79. The van der Waals surface area contributed by atoms with Gasteiger partial charge in [0, 0.05) is 12.6 Å². The molecule has 2 rings (SSSR count). The Hall–Kier alpha value is -1.13. The molecule has 1 N–H and O–H groups in total. The van der Waals surface area contributed by atoms with Gasteiger partial charge in [0.05, 0.1) is 6.10 Å². The van der Waals surface area contributed by atoms with Crippen LogP contribution >= 0.6 is 0 Å². The van der Waals surface area contributed by atoms with Crippen LogP contribution < -0.4 is 0 Å². The van der Waals surface area contributed by atoms with Gasteiger partial charge in [-0.2, -0.15) is 17.5 Å². The van der Waals surface area contributed by atoms with Crippen LogP contribution in [0.2, 0.25) is 0 Å². The first kappa shape index (κ1) is 16.2. The van der Waals surface area contributed by atoms with Crippen LogP contribution in [-0.2, 0) is 22.0 Å². The third-order valence-electron chi connectivity index (χ3n) is 3.38. The number of rotatable bonds is 3. The van der Waals surface area contributed by atoms with Crippen molar-refractivity contribution >= 4 is 10.0 Å². The number of halogens is 3. The minimum atomic E-state index is -4.80. The summed E-state index contributed by atoms with van der Waals surface area (Å²) in [7, 11) is -4.02. The van der Waals surface area contributed by atoms with Gasteiger partial charge in [-0.3, -0.25) is 0 Å². The molecule has 1 aliphatic rings. The fourth-order valence-electron chi connectivity index (χ4n) is 2.30. The van der Waals surface area contributed by atoms with Gasteiger partial charge in [0.25, 0.3) is 0 Å². The van der Waals surface area contributed by atoms with Gasteiger partial charge in [0.2, 0.25) is 15.8 Å². The van der Waals surface area contributed by atoms with Gasteiger partial charge in [-0.05, 0) is 19.8 Å². The number of aliphatic hydroxyl groups is 1. The van der Waals surface area contributed by atoms with Crippen LogP contribution in [0.4, 0.5) is 13.2 Å². The molecule has 0 radical (unpaired) electrons. The monoisotopic (exact) mass is 328 g/mol. The molecule has 1 fully saturated rings. The van der Waals surface area contributed by atoms with Crippen LogP contribution in [0.1, 0.15) is 31.2 Å². The highest BCUT2D eigenvalue weighted by Gasteiger charge is 2.41. The van der Waals surface area contributed by atoms with Gasteiger partial charge in [-0.15, -0.1) is 0 Å². The molecule has 1 aromatic heterocycles. The molecule has 1 aliphatic heterocycles. The lowest BCUT2D eigenvalue weighted by Crippen LogP contribution is -2.47. The van der Waals surface area contributed by atoms with Gasteiger partial charge in [0.1, 0.15) is 11.4 Å². The first-order chi connectivity index (χ1) is 9.61. The van der Waals surface area contributed by atoms with Gasteiger partial charge >= 0.3 is 6.18 Å². The number of β-amino-alcohol motifs (C(OH)–C–C–N with tert-alkyl or cyclic N) is 1. The summed E-state index contributed by atoms with van der Waals surface area (Å²) in [6, 6.07) is -0.375. The zero-order chi connectivity index (χ0) is 15.8. The Morgan fingerprint density at radius 1 is 1.48 bits per heavy atom. The third-order valence-corrected chi connectivity index (χ3v) is 5.24. The molecule has 2 atom stereocenters. The maximum atomic E-state index is 12.7. The van der Waals surface area contributed by atoms with Crippen molar-refractivity contribution in [1.82, 2.24) is 9.29 Å². The molecule has 0 bridgehead atoms. The number of aliphatic hydroxyl groups excluding tert-OH is 1. The van der Waals surface area contributed by atoms with E-state index in [0.29, 0.717) is 19.2 Å². The maximum absolute atomic E-state index is 12.7. The zero-order valence-electron chi connectivity index (χ0n) is 11.2. The summed E-state index contributed by atoms with van der Waals surface area (Å²) in [4.78, 5) is 3.35. The first-order valence-corrected chi connectivity index (χ1v) is 7.89. The largest absolute Gasteiger partial charge is 0.451 e. The van der Waals surface area contributed by atoms with Gasteiger partial charge in [-0.1, -0.05) is 0 Å². The molecule has 0 spiro atoms. The number of sulfonamides is 1. The molecule has 2 heterocycles. The number of hydrogen-bond acceptors (Lipinski definition) is 5. The molecule has 1 saturated heterocycles. The molecule has 10 heteroatoms. The highest BCUT2D eigenvalue weighted by molar-refractivity contribution is 7.88. The van der Waals surface area contributed by atoms with Crippen LogP contribution in [0.3, 0.4) is 0 Å². The summed E-state index contributed by atoms with van der Waals surface area (Å²) in [5.41, 5.74) is -0.672. The van der Waals surface area contributed by atoms with Crippen molar-refractivity contribution in [3.05, 3.63) is 17.8 Å². The van der Waals surface area contributed by atoms with Crippen molar-refractivity contribution in [2.45, 2.75) is 43.8 Å². The predicted molar refractivity (Wildman–Crippen MR) is 65.5 cm³/mol. The Balaban J connectivity index is 2.24. The van der Waals surface area contributed by atoms with Crippen LogP contribution in [0.25, 0.3) is 0 Å². The maximum Gasteiger partial charge on any atom is 0.451 e. The lowest BCUT2D eigenvalue weighted by Gasteiger charge is -2.34. The van der Waals surface area contributed by atoms with Crippen molar-refractivity contribution in [3.8, 4) is 0 Å². The molecule has 0 aromatic carbocycles. The fraction of sp³-hybridized carbons (Fsp3) is 0.727. The predicted octanol–water partition coefficient (Wildman–Crippen LogP) is 1.37. The lowest BCUT2D eigenvalue weighted by atomic mass is 10.0. The number of nitrogens with zero attached hydrogens (tertiary/aromatic N) is 2. The lowest BCUT2D eigenvalue weighted by molar-refractivity contribution is -0.153. The second-order valence-electron chi connectivity index (χ2n) is 5.03. The fourth-order valence-corrected chi connectivity index (χ4v) is 4.07. The Labute approximate surface area is 119 Å². The van der Waals surface area contributed by atoms with E-state index in [9.17, 15) is 26.7 Å². The van der Waals surface area contributed by atoms with Crippen LogP contribution in [0, 0.1) is 0 Å². The Kier molecular flexibility index (Phi) is 4.31. The molecule has 0 amide bonds. The standard InChI is InChI=1S/C11H15F3N2O4S/c1-7-2-3-8(17)4-16(7)21(18,19)5-9-10(11(12,13)14)20-6-15-9/h6-8,17H,2-5H2,1H3/t7-,8-/m1/s1. The van der Waals surface area contributed by atoms with Gasteiger partial charge in [0.15, 0.2) is 6.39 Å². The SMILES string of the molecule is C[C@@H]1CC[C@@H](O)CN1S(=O)(=O)Cc1ncoc1C(F)(F)F. The van der Waals surface area contributed by atoms with Crippen molar-refractivity contribution in [1.29, 1.82) is 0 Å². The number of oxazole rings is 1. The summed E-state index contributed by atoms with van der Waals surface area (Å²) < 4.78 is 67.7. The molecule has 120 valence electrons. The second-order valence-corrected chi connectivity index (χ2v) is 6.95. The Morgan fingerprint density at radius 2 is 2.14 bits per heavy atom. The minimum absolute atomic E-state index is 0.122. The van der Waals surface area contributed by atoms with E-state index in [2.05, 4.69) is 9.40 Å². The molecular formula is C11H15F3N2O4S. The van der Waals surface area contributed by atoms with E-state index in [4.69, 9.17) is 0 Å². The van der Waals surface area contributed by atoms with E-state index < -0.39 is 39.5 Å².